The number of para-hydroxylation sites is 1. The minimum atomic E-state index is -1.26. The Hall–Kier alpha value is -1.56. The number of rotatable bonds is 3. The van der Waals surface area contributed by atoms with Crippen molar-refractivity contribution < 1.29 is 19.1 Å². The molecule has 1 heterocycles. The minimum Gasteiger partial charge on any atom is -0.478 e. The molecule has 102 valence electrons. The third-order valence-electron chi connectivity index (χ3n) is 3.18. The van der Waals surface area contributed by atoms with Crippen molar-refractivity contribution in [3.05, 3.63) is 29.6 Å². The Morgan fingerprint density at radius 1 is 1.47 bits per heavy atom. The minimum absolute atomic E-state index is 0.236. The molecule has 0 spiro atoms. The van der Waals surface area contributed by atoms with Crippen LogP contribution in [-0.4, -0.2) is 27.5 Å². The maximum Gasteiger partial charge on any atom is 0.337 e. The molecule has 1 aliphatic rings. The summed E-state index contributed by atoms with van der Waals surface area (Å²) in [4.78, 5) is 23.2. The first-order valence-corrected chi connectivity index (χ1v) is 6.90. The molecule has 1 aliphatic heterocycles. The molecular weight excluding hydrogens is 269 g/mol. The summed E-state index contributed by atoms with van der Waals surface area (Å²) >= 11 is 1.51. The quantitative estimate of drug-likeness (QED) is 0.895. The highest BCUT2D eigenvalue weighted by Gasteiger charge is 2.37. The zero-order chi connectivity index (χ0) is 14.0. The van der Waals surface area contributed by atoms with Crippen molar-refractivity contribution in [2.24, 2.45) is 0 Å². The zero-order valence-electron chi connectivity index (χ0n) is 10.4. The second kappa shape index (κ2) is 5.21. The molecule has 4 nitrogen and oxygen atoms in total. The number of carbonyl (C=O) groups excluding carboxylic acids is 1. The van der Waals surface area contributed by atoms with E-state index in [0.717, 1.165) is 18.2 Å². The summed E-state index contributed by atoms with van der Waals surface area (Å²) in [6.45, 7) is 1.79. The number of amides is 1. The zero-order valence-corrected chi connectivity index (χ0v) is 11.2. The van der Waals surface area contributed by atoms with Gasteiger partial charge in [-0.2, -0.15) is 0 Å². The van der Waals surface area contributed by atoms with Gasteiger partial charge >= 0.3 is 5.97 Å². The Morgan fingerprint density at radius 2 is 2.21 bits per heavy atom. The van der Waals surface area contributed by atoms with Crippen LogP contribution < -0.4 is 5.32 Å². The van der Waals surface area contributed by atoms with Crippen molar-refractivity contribution in [2.45, 2.75) is 24.5 Å². The average Bonchev–Trinajstić information content (AvgIpc) is 2.79. The van der Waals surface area contributed by atoms with Crippen LogP contribution in [0.25, 0.3) is 0 Å². The van der Waals surface area contributed by atoms with Gasteiger partial charge in [-0.1, -0.05) is 6.07 Å². The first kappa shape index (κ1) is 13.9. The van der Waals surface area contributed by atoms with Crippen LogP contribution in [-0.2, 0) is 4.79 Å². The third-order valence-corrected chi connectivity index (χ3v) is 4.70. The maximum atomic E-state index is 13.7. The van der Waals surface area contributed by atoms with E-state index in [9.17, 15) is 14.0 Å². The first-order chi connectivity index (χ1) is 8.94. The lowest BCUT2D eigenvalue weighted by Gasteiger charge is -2.22. The Kier molecular flexibility index (Phi) is 3.80. The van der Waals surface area contributed by atoms with Gasteiger partial charge in [-0.3, -0.25) is 4.79 Å². The second-order valence-electron chi connectivity index (χ2n) is 4.60. The lowest BCUT2D eigenvalue weighted by atomic mass is 10.0. The van der Waals surface area contributed by atoms with Crippen LogP contribution in [0.5, 0.6) is 0 Å². The maximum absolute atomic E-state index is 13.7. The average molecular weight is 283 g/mol. The Morgan fingerprint density at radius 3 is 2.79 bits per heavy atom. The standard InChI is InChI=1S/C13H14FNO3S/c1-13(6-3-7-19-13)12(18)15-10-8(11(16)17)4-2-5-9(10)14/h2,4-5H,3,6-7H2,1H3,(H,15,18)(H,16,17). The van der Waals surface area contributed by atoms with Gasteiger partial charge < -0.3 is 10.4 Å². The van der Waals surface area contributed by atoms with E-state index in [-0.39, 0.29) is 17.2 Å². The van der Waals surface area contributed by atoms with Crippen LogP contribution in [0.3, 0.4) is 0 Å². The third kappa shape index (κ3) is 2.73. The van der Waals surface area contributed by atoms with Gasteiger partial charge in [-0.15, -0.1) is 11.8 Å². The molecule has 1 aromatic rings. The Bertz CT molecular complexity index is 527. The van der Waals surface area contributed by atoms with Crippen LogP contribution in [0.2, 0.25) is 0 Å². The highest BCUT2D eigenvalue weighted by Crippen LogP contribution is 2.39. The molecule has 19 heavy (non-hydrogen) atoms. The van der Waals surface area contributed by atoms with E-state index in [1.54, 1.807) is 6.92 Å². The topological polar surface area (TPSA) is 66.4 Å². The molecule has 2 rings (SSSR count). The largest absolute Gasteiger partial charge is 0.478 e. The van der Waals surface area contributed by atoms with Gasteiger partial charge in [0.2, 0.25) is 5.91 Å². The summed E-state index contributed by atoms with van der Waals surface area (Å²) in [5, 5.41) is 11.4. The van der Waals surface area contributed by atoms with Gasteiger partial charge in [0.25, 0.3) is 0 Å². The normalized spacial score (nSPS) is 22.2. The van der Waals surface area contributed by atoms with E-state index >= 15 is 0 Å². The van der Waals surface area contributed by atoms with Crippen LogP contribution in [0.15, 0.2) is 18.2 Å². The molecule has 1 amide bonds. The fourth-order valence-corrected chi connectivity index (χ4v) is 3.24. The molecule has 1 atom stereocenters. The molecule has 1 fully saturated rings. The van der Waals surface area contributed by atoms with Gasteiger partial charge in [0, 0.05) is 0 Å². The lowest BCUT2D eigenvalue weighted by molar-refractivity contribution is -0.118. The number of carboxylic acid groups (broad SMARTS) is 1. The molecule has 0 saturated carbocycles. The predicted molar refractivity (Wildman–Crippen MR) is 72.1 cm³/mol. The molecule has 6 heteroatoms. The van der Waals surface area contributed by atoms with Crippen molar-refractivity contribution in [1.29, 1.82) is 0 Å². The van der Waals surface area contributed by atoms with Crippen LogP contribution in [0.4, 0.5) is 10.1 Å². The number of carboxylic acids is 1. The molecule has 0 aromatic heterocycles. The molecule has 1 unspecified atom stereocenters. The number of benzene rings is 1. The summed E-state index contributed by atoms with van der Waals surface area (Å²) in [5.74, 6) is -1.46. The molecule has 1 saturated heterocycles. The van der Waals surface area contributed by atoms with Crippen LogP contribution >= 0.6 is 11.8 Å². The molecular formula is C13H14FNO3S. The Balaban J connectivity index is 2.28. The number of halogens is 1. The number of thioether (sulfide) groups is 1. The number of hydrogen-bond donors (Lipinski definition) is 2. The number of hydrogen-bond acceptors (Lipinski definition) is 3. The van der Waals surface area contributed by atoms with E-state index in [1.165, 1.54) is 23.9 Å². The second-order valence-corrected chi connectivity index (χ2v) is 6.20. The molecule has 1 aromatic carbocycles. The van der Waals surface area contributed by atoms with E-state index in [1.807, 2.05) is 0 Å². The molecule has 0 bridgehead atoms. The molecule has 2 N–H and O–H groups in total. The number of nitrogens with one attached hydrogen (secondary N) is 1. The Labute approximate surface area is 114 Å². The van der Waals surface area contributed by atoms with Gasteiger partial charge in [0.1, 0.15) is 5.82 Å². The van der Waals surface area contributed by atoms with Gasteiger partial charge in [0.05, 0.1) is 16.0 Å². The van der Waals surface area contributed by atoms with E-state index in [2.05, 4.69) is 5.32 Å². The van der Waals surface area contributed by atoms with Crippen molar-refractivity contribution in [1.82, 2.24) is 0 Å². The number of carbonyl (C=O) groups is 2. The van der Waals surface area contributed by atoms with E-state index in [0.29, 0.717) is 6.42 Å². The summed E-state index contributed by atoms with van der Waals surface area (Å²) in [7, 11) is 0. The highest BCUT2D eigenvalue weighted by atomic mass is 32.2. The van der Waals surface area contributed by atoms with Crippen molar-refractivity contribution in [3.63, 3.8) is 0 Å². The fraction of sp³-hybridized carbons (Fsp3) is 0.385. The van der Waals surface area contributed by atoms with Crippen molar-refractivity contribution >= 4 is 29.3 Å². The number of anilines is 1. The van der Waals surface area contributed by atoms with Crippen LogP contribution in [0, 0.1) is 5.82 Å². The lowest BCUT2D eigenvalue weighted by Crippen LogP contribution is -2.35. The summed E-state index contributed by atoms with van der Waals surface area (Å²) in [6.07, 6.45) is 1.64. The van der Waals surface area contributed by atoms with E-state index < -0.39 is 16.5 Å². The molecule has 0 aliphatic carbocycles. The van der Waals surface area contributed by atoms with Crippen LogP contribution in [0.1, 0.15) is 30.1 Å². The van der Waals surface area contributed by atoms with Gasteiger partial charge in [0.15, 0.2) is 0 Å². The van der Waals surface area contributed by atoms with E-state index in [4.69, 9.17) is 5.11 Å². The first-order valence-electron chi connectivity index (χ1n) is 5.91. The SMILES string of the molecule is CC1(C(=O)Nc2c(F)cccc2C(=O)O)CCCS1. The van der Waals surface area contributed by atoms with Crippen molar-refractivity contribution in [3.8, 4) is 0 Å². The van der Waals surface area contributed by atoms with Crippen molar-refractivity contribution in [2.75, 3.05) is 11.1 Å². The monoisotopic (exact) mass is 283 g/mol. The van der Waals surface area contributed by atoms with Gasteiger partial charge in [-0.05, 0) is 37.7 Å². The van der Waals surface area contributed by atoms with Gasteiger partial charge in [-0.25, -0.2) is 9.18 Å². The molecule has 0 radical (unpaired) electrons. The summed E-state index contributed by atoms with van der Waals surface area (Å²) in [5.41, 5.74) is -0.492. The summed E-state index contributed by atoms with van der Waals surface area (Å²) in [6, 6.07) is 3.71. The predicted octanol–water partition coefficient (Wildman–Crippen LogP) is 2.75. The fourth-order valence-electron chi connectivity index (χ4n) is 2.03. The smallest absolute Gasteiger partial charge is 0.337 e. The highest BCUT2D eigenvalue weighted by molar-refractivity contribution is 8.01. The number of aromatic carboxylic acids is 1. The summed E-state index contributed by atoms with van der Waals surface area (Å²) < 4.78 is 13.1.